The number of para-hydroxylation sites is 4. The van der Waals surface area contributed by atoms with Gasteiger partial charge in [-0.25, -0.2) is 4.85 Å². The van der Waals surface area contributed by atoms with E-state index in [1.807, 2.05) is 48.5 Å². The van der Waals surface area contributed by atoms with E-state index in [1.54, 1.807) is 0 Å². The summed E-state index contributed by atoms with van der Waals surface area (Å²) in [6.45, 7) is 14.1. The van der Waals surface area contributed by atoms with Crippen molar-refractivity contribution < 1.29 is 8.83 Å². The van der Waals surface area contributed by atoms with Gasteiger partial charge in [-0.15, -0.1) is 0 Å². The Morgan fingerprint density at radius 2 is 0.849 bits per heavy atom. The van der Waals surface area contributed by atoms with Crippen LogP contribution < -0.4 is 9.80 Å². The summed E-state index contributed by atoms with van der Waals surface area (Å²) in [5.41, 5.74) is 15.6. The molecule has 10 aromatic carbocycles. The molecule has 0 spiro atoms. The van der Waals surface area contributed by atoms with Gasteiger partial charge >= 0.3 is 0 Å². The zero-order valence-electron chi connectivity index (χ0n) is 40.1. The molecule has 0 saturated heterocycles. The Kier molecular flexibility index (Phi) is 9.24. The Labute approximate surface area is 422 Å². The minimum atomic E-state index is -0.602. The third-order valence-electron chi connectivity index (χ3n) is 15.7. The van der Waals surface area contributed by atoms with Crippen LogP contribution in [-0.2, 0) is 10.8 Å². The number of anilines is 6. The first-order valence-corrected chi connectivity index (χ1v) is 24.7. The van der Waals surface area contributed by atoms with Crippen LogP contribution in [0.25, 0.3) is 71.0 Å². The van der Waals surface area contributed by atoms with Crippen LogP contribution in [0.1, 0.15) is 48.1 Å². The average molecular weight is 937 g/mol. The summed E-state index contributed by atoms with van der Waals surface area (Å²) in [4.78, 5) is 8.99. The first-order valence-electron chi connectivity index (χ1n) is 24.7. The van der Waals surface area contributed by atoms with Crippen LogP contribution >= 0.6 is 0 Å². The summed E-state index contributed by atoms with van der Waals surface area (Å²) in [5.74, 6) is 0. The van der Waals surface area contributed by atoms with Gasteiger partial charge in [0.05, 0.1) is 41.0 Å². The molecule has 73 heavy (non-hydrogen) atoms. The first-order chi connectivity index (χ1) is 35.9. The van der Waals surface area contributed by atoms with Gasteiger partial charge in [0.15, 0.2) is 11.2 Å². The predicted octanol–water partition coefficient (Wildman–Crippen LogP) is 18.5. The van der Waals surface area contributed by atoms with Crippen molar-refractivity contribution in [2.45, 2.75) is 31.1 Å². The molecule has 0 radical (unpaired) electrons. The molecule has 2 aromatic heterocycles. The van der Waals surface area contributed by atoms with E-state index >= 15 is 0 Å². The molecule has 0 amide bonds. The summed E-state index contributed by atoms with van der Waals surface area (Å²) in [5, 5.41) is 16.1. The number of furan rings is 2. The van der Waals surface area contributed by atoms with Gasteiger partial charge in [-0.1, -0.05) is 184 Å². The number of fused-ring (bicyclic) bond motifs is 14. The van der Waals surface area contributed by atoms with Gasteiger partial charge in [-0.3, -0.25) is 0 Å². The summed E-state index contributed by atoms with van der Waals surface area (Å²) in [6.07, 6.45) is 0.728. The maximum Gasteiger partial charge on any atom is 0.230 e. The van der Waals surface area contributed by atoms with Crippen molar-refractivity contribution in [2.24, 2.45) is 0 Å². The van der Waals surface area contributed by atoms with Crippen molar-refractivity contribution >= 4 is 83.7 Å². The molecule has 2 aliphatic carbocycles. The van der Waals surface area contributed by atoms with Crippen LogP contribution in [0.15, 0.2) is 227 Å². The lowest BCUT2D eigenvalue weighted by Crippen LogP contribution is -2.28. The smallest absolute Gasteiger partial charge is 0.230 e. The van der Waals surface area contributed by atoms with Crippen molar-refractivity contribution in [3.05, 3.63) is 258 Å². The fourth-order valence-corrected chi connectivity index (χ4v) is 12.7. The van der Waals surface area contributed by atoms with Gasteiger partial charge in [-0.2, -0.15) is 5.26 Å². The fourth-order valence-electron chi connectivity index (χ4n) is 12.7. The highest BCUT2D eigenvalue weighted by Crippen LogP contribution is 2.71. The third kappa shape index (κ3) is 6.08. The van der Waals surface area contributed by atoms with E-state index in [-0.39, 0.29) is 11.3 Å². The highest BCUT2D eigenvalue weighted by atomic mass is 16.3. The Hall–Kier alpha value is -9.62. The minimum Gasteiger partial charge on any atom is -0.454 e. The molecule has 0 saturated carbocycles. The van der Waals surface area contributed by atoms with E-state index < -0.39 is 10.8 Å². The van der Waals surface area contributed by atoms with Crippen LogP contribution in [0.5, 0.6) is 0 Å². The highest BCUT2D eigenvalue weighted by Gasteiger charge is 2.60. The van der Waals surface area contributed by atoms with Crippen LogP contribution in [0.4, 0.5) is 39.8 Å². The second kappa shape index (κ2) is 16.0. The second-order valence-electron chi connectivity index (χ2n) is 19.8. The van der Waals surface area contributed by atoms with E-state index in [1.165, 1.54) is 11.1 Å². The number of nitrogens with zero attached hydrogens (tertiary/aromatic N) is 4. The molecule has 0 fully saturated rings. The number of hydrogen-bond donors (Lipinski definition) is 0. The molecule has 12 aromatic rings. The van der Waals surface area contributed by atoms with Gasteiger partial charge in [0, 0.05) is 43.7 Å². The lowest BCUT2D eigenvalue weighted by molar-refractivity contribution is 0.512. The number of benzene rings is 10. The second-order valence-corrected chi connectivity index (χ2v) is 19.8. The van der Waals surface area contributed by atoms with E-state index in [0.717, 1.165) is 95.3 Å². The fraction of sp³-hybridized carbons (Fsp3) is 0.0746. The molecule has 2 bridgehead atoms. The van der Waals surface area contributed by atoms with Crippen LogP contribution in [0.2, 0.25) is 0 Å². The Balaban J connectivity index is 1.13. The Morgan fingerprint density at radius 1 is 0.452 bits per heavy atom. The SMILES string of the molecule is [C-]#[N+]c1c(C#N)c(N(c2ccc(-c3ccccc3)cc2)c2cccc3c2oc2ccccc23)c2c(c1N(c1ccc(-c3ccccc3)cc1)c1cccc3c1oc1ccccc13)C1(C)CC2(C)c2ccccc21. The van der Waals surface area contributed by atoms with Gasteiger partial charge in [0.25, 0.3) is 0 Å². The topological polar surface area (TPSA) is 60.9 Å². The van der Waals surface area contributed by atoms with Crippen molar-refractivity contribution in [1.82, 2.24) is 0 Å². The van der Waals surface area contributed by atoms with Crippen molar-refractivity contribution in [3.8, 4) is 28.3 Å². The standard InChI is InChI=1S/C67H44N4O2/c1-66-41-67(2,54-27-13-12-26-53(54)66)60-59(66)62(70(46-36-32-44(33-37-46)42-18-6-4-7-19-42)55-28-16-24-50-48-22-10-14-30-57(48)72-64(50)55)52(40-68)61(69-3)63(60)71(47-38-34-45(35-39-47)43-20-8-5-9-21-43)56-29-17-25-51-49-23-11-15-31-58(49)73-65(51)56/h4-39H,41H2,1-2H3. The van der Waals surface area contributed by atoms with Crippen LogP contribution in [0, 0.1) is 17.9 Å². The molecule has 0 aliphatic heterocycles. The summed E-state index contributed by atoms with van der Waals surface area (Å²) in [7, 11) is 0. The highest BCUT2D eigenvalue weighted by molar-refractivity contribution is 6.14. The predicted molar refractivity (Wildman–Crippen MR) is 296 cm³/mol. The van der Waals surface area contributed by atoms with E-state index in [4.69, 9.17) is 8.83 Å². The molecule has 2 aliphatic rings. The molecule has 2 unspecified atom stereocenters. The number of nitriles is 1. The summed E-state index contributed by atoms with van der Waals surface area (Å²) >= 11 is 0. The van der Waals surface area contributed by atoms with Gasteiger partial charge in [0.1, 0.15) is 11.2 Å². The van der Waals surface area contributed by atoms with Crippen LogP contribution in [0.3, 0.4) is 0 Å². The zero-order chi connectivity index (χ0) is 49.0. The van der Waals surface area contributed by atoms with Crippen LogP contribution in [-0.4, -0.2) is 0 Å². The molecule has 2 heterocycles. The Bertz CT molecular complexity index is 4020. The molecular formula is C67H44N4O2. The molecule has 6 heteroatoms. The third-order valence-corrected chi connectivity index (χ3v) is 15.7. The minimum absolute atomic E-state index is 0.258. The van der Waals surface area contributed by atoms with Crippen molar-refractivity contribution in [3.63, 3.8) is 0 Å². The summed E-state index contributed by atoms with van der Waals surface area (Å²) in [6, 6.07) is 78.2. The largest absolute Gasteiger partial charge is 0.454 e. The molecule has 0 N–H and O–H groups in total. The number of rotatable bonds is 8. The maximum atomic E-state index is 12.1. The Morgan fingerprint density at radius 3 is 1.32 bits per heavy atom. The van der Waals surface area contributed by atoms with Gasteiger partial charge in [0.2, 0.25) is 5.69 Å². The quantitative estimate of drug-likeness (QED) is 0.142. The van der Waals surface area contributed by atoms with Crippen molar-refractivity contribution in [2.75, 3.05) is 9.80 Å². The molecule has 2 atom stereocenters. The molecule has 344 valence electrons. The lowest BCUT2D eigenvalue weighted by Gasteiger charge is -2.41. The van der Waals surface area contributed by atoms with Gasteiger partial charge in [-0.05, 0) is 99.5 Å². The zero-order valence-corrected chi connectivity index (χ0v) is 40.1. The lowest BCUT2D eigenvalue weighted by atomic mass is 9.71. The molecule has 6 nitrogen and oxygen atoms in total. The molecular weight excluding hydrogens is 893 g/mol. The monoisotopic (exact) mass is 936 g/mol. The maximum absolute atomic E-state index is 12.1. The van der Waals surface area contributed by atoms with E-state index in [2.05, 4.69) is 204 Å². The number of hydrogen-bond acceptors (Lipinski definition) is 5. The van der Waals surface area contributed by atoms with E-state index in [0.29, 0.717) is 22.5 Å². The van der Waals surface area contributed by atoms with Gasteiger partial charge < -0.3 is 18.6 Å². The van der Waals surface area contributed by atoms with Crippen molar-refractivity contribution in [1.29, 1.82) is 5.26 Å². The average Bonchev–Trinajstić information content (AvgIpc) is 4.22. The summed E-state index contributed by atoms with van der Waals surface area (Å²) < 4.78 is 13.8. The normalized spacial score (nSPS) is 16.4. The van der Waals surface area contributed by atoms with E-state index in [9.17, 15) is 11.8 Å². The first kappa shape index (κ1) is 42.3. The molecule has 14 rings (SSSR count).